The lowest BCUT2D eigenvalue weighted by molar-refractivity contribution is -0.0722. The summed E-state index contributed by atoms with van der Waals surface area (Å²) in [6.45, 7) is 4.31. The van der Waals surface area contributed by atoms with Crippen LogP contribution in [0, 0.1) is 0 Å². The van der Waals surface area contributed by atoms with Gasteiger partial charge in [-0.15, -0.1) is 0 Å². The molecule has 2 N–H and O–H groups in total. The van der Waals surface area contributed by atoms with Crippen molar-refractivity contribution in [3.63, 3.8) is 0 Å². The zero-order valence-corrected chi connectivity index (χ0v) is 15.4. The van der Waals surface area contributed by atoms with Crippen molar-refractivity contribution in [1.29, 1.82) is 0 Å². The molecule has 1 atom stereocenters. The third kappa shape index (κ3) is 4.15. The second-order valence-corrected chi connectivity index (χ2v) is 7.92. The van der Waals surface area contributed by atoms with Gasteiger partial charge in [0.1, 0.15) is 0 Å². The standard InChI is InChI=1S/C20H30N2O3/c1-19(9-5-7-16-6-3-4-8-17(16)19)14-21-18(23)22(2)15-20(24)10-12-25-13-11-20/h3-4,6,8,24H,5,7,9-15H2,1-2H3,(H,21,23)/t19-/m0/s1. The Kier molecular flexibility index (Phi) is 5.35. The van der Waals surface area contributed by atoms with Gasteiger partial charge in [-0.25, -0.2) is 4.79 Å². The summed E-state index contributed by atoms with van der Waals surface area (Å²) in [7, 11) is 1.75. The molecular weight excluding hydrogens is 316 g/mol. The summed E-state index contributed by atoms with van der Waals surface area (Å²) in [6.07, 6.45) is 4.51. The third-order valence-corrected chi connectivity index (χ3v) is 5.77. The normalized spacial score (nSPS) is 25.1. The molecule has 25 heavy (non-hydrogen) atoms. The molecule has 1 heterocycles. The van der Waals surface area contributed by atoms with Gasteiger partial charge in [0.15, 0.2) is 0 Å². The number of ether oxygens (including phenoxy) is 1. The summed E-state index contributed by atoms with van der Waals surface area (Å²) < 4.78 is 5.30. The van der Waals surface area contributed by atoms with Gasteiger partial charge in [0.25, 0.3) is 0 Å². The van der Waals surface area contributed by atoms with Gasteiger partial charge in [0.05, 0.1) is 12.1 Å². The Morgan fingerprint density at radius 1 is 1.28 bits per heavy atom. The molecule has 2 amide bonds. The van der Waals surface area contributed by atoms with E-state index in [-0.39, 0.29) is 11.4 Å². The van der Waals surface area contributed by atoms with Crippen molar-refractivity contribution >= 4 is 6.03 Å². The molecule has 1 aromatic rings. The average molecular weight is 346 g/mol. The predicted molar refractivity (Wildman–Crippen MR) is 97.8 cm³/mol. The number of fused-ring (bicyclic) bond motifs is 1. The SMILES string of the molecule is CN(CC1(O)CCOCC1)C(=O)NC[C@]1(C)CCCc2ccccc21. The Hall–Kier alpha value is -1.59. The van der Waals surface area contributed by atoms with Crippen LogP contribution in [0.25, 0.3) is 0 Å². The minimum atomic E-state index is -0.828. The first kappa shape index (κ1) is 18.2. The zero-order chi connectivity index (χ0) is 17.9. The molecule has 0 radical (unpaired) electrons. The maximum Gasteiger partial charge on any atom is 0.317 e. The minimum Gasteiger partial charge on any atom is -0.388 e. The van der Waals surface area contributed by atoms with E-state index < -0.39 is 5.60 Å². The number of aryl methyl sites for hydroxylation is 1. The summed E-state index contributed by atoms with van der Waals surface area (Å²) in [6, 6.07) is 8.43. The fourth-order valence-electron chi connectivity index (χ4n) is 4.14. The molecule has 5 heteroatoms. The average Bonchev–Trinajstić information content (AvgIpc) is 2.60. The summed E-state index contributed by atoms with van der Waals surface area (Å²) in [5.41, 5.74) is 1.90. The fraction of sp³-hybridized carbons (Fsp3) is 0.650. The van der Waals surface area contributed by atoms with Gasteiger partial charge in [-0.2, -0.15) is 0 Å². The second-order valence-electron chi connectivity index (χ2n) is 7.92. The molecule has 3 rings (SSSR count). The number of hydrogen-bond donors (Lipinski definition) is 2. The number of aliphatic hydroxyl groups is 1. The van der Waals surface area contributed by atoms with Gasteiger partial charge >= 0.3 is 6.03 Å². The van der Waals surface area contributed by atoms with Crippen molar-refractivity contribution in [2.75, 3.05) is 33.4 Å². The fourth-order valence-corrected chi connectivity index (χ4v) is 4.14. The van der Waals surface area contributed by atoms with Gasteiger partial charge in [-0.3, -0.25) is 0 Å². The number of carbonyl (C=O) groups excluding carboxylic acids is 1. The topological polar surface area (TPSA) is 61.8 Å². The van der Waals surface area contributed by atoms with E-state index in [2.05, 4.69) is 36.5 Å². The van der Waals surface area contributed by atoms with Gasteiger partial charge in [-0.1, -0.05) is 31.2 Å². The smallest absolute Gasteiger partial charge is 0.317 e. The Labute approximate surface area is 150 Å². The Morgan fingerprint density at radius 2 is 2.00 bits per heavy atom. The highest BCUT2D eigenvalue weighted by molar-refractivity contribution is 5.74. The van der Waals surface area contributed by atoms with Crippen LogP contribution in [-0.4, -0.2) is 55.0 Å². The molecule has 1 aliphatic heterocycles. The van der Waals surface area contributed by atoms with E-state index >= 15 is 0 Å². The number of likely N-dealkylation sites (N-methyl/N-ethyl adjacent to an activating group) is 1. The van der Waals surface area contributed by atoms with E-state index in [0.717, 1.165) is 19.3 Å². The third-order valence-electron chi connectivity index (χ3n) is 5.77. The number of benzene rings is 1. The second kappa shape index (κ2) is 7.34. The van der Waals surface area contributed by atoms with E-state index in [1.165, 1.54) is 11.1 Å². The number of rotatable bonds is 4. The first-order chi connectivity index (χ1) is 11.9. The van der Waals surface area contributed by atoms with Crippen LogP contribution in [0.2, 0.25) is 0 Å². The van der Waals surface area contributed by atoms with Crippen LogP contribution in [-0.2, 0) is 16.6 Å². The van der Waals surface area contributed by atoms with Crippen molar-refractivity contribution < 1.29 is 14.6 Å². The van der Waals surface area contributed by atoms with E-state index in [1.54, 1.807) is 11.9 Å². The number of urea groups is 1. The molecule has 0 unspecified atom stereocenters. The molecule has 2 aliphatic rings. The molecule has 0 aromatic heterocycles. The van der Waals surface area contributed by atoms with Crippen molar-refractivity contribution in [3.05, 3.63) is 35.4 Å². The van der Waals surface area contributed by atoms with Gasteiger partial charge in [0.2, 0.25) is 0 Å². The number of nitrogens with one attached hydrogen (secondary N) is 1. The summed E-state index contributed by atoms with van der Waals surface area (Å²) in [5, 5.41) is 13.7. The highest BCUT2D eigenvalue weighted by atomic mass is 16.5. The van der Waals surface area contributed by atoms with E-state index in [9.17, 15) is 9.90 Å². The van der Waals surface area contributed by atoms with Crippen LogP contribution < -0.4 is 5.32 Å². The first-order valence-electron chi connectivity index (χ1n) is 9.29. The van der Waals surface area contributed by atoms with Crippen LogP contribution in [0.15, 0.2) is 24.3 Å². The maximum absolute atomic E-state index is 12.5. The Bertz CT molecular complexity index is 613. The molecule has 0 bridgehead atoms. The molecule has 1 aromatic carbocycles. The number of hydrogen-bond acceptors (Lipinski definition) is 3. The summed E-state index contributed by atoms with van der Waals surface area (Å²) in [4.78, 5) is 14.1. The Morgan fingerprint density at radius 3 is 2.76 bits per heavy atom. The van der Waals surface area contributed by atoms with Gasteiger partial charge in [-0.05, 0) is 30.4 Å². The van der Waals surface area contributed by atoms with Crippen molar-refractivity contribution in [3.8, 4) is 0 Å². The maximum atomic E-state index is 12.5. The molecule has 0 saturated carbocycles. The molecular formula is C20H30N2O3. The van der Waals surface area contributed by atoms with Gasteiger partial charge < -0.3 is 20.1 Å². The number of carbonyl (C=O) groups is 1. The van der Waals surface area contributed by atoms with Crippen molar-refractivity contribution in [2.24, 2.45) is 0 Å². The number of nitrogens with zero attached hydrogens (tertiary/aromatic N) is 1. The van der Waals surface area contributed by atoms with Crippen LogP contribution >= 0.6 is 0 Å². The quantitative estimate of drug-likeness (QED) is 0.880. The Balaban J connectivity index is 1.58. The zero-order valence-electron chi connectivity index (χ0n) is 15.4. The van der Waals surface area contributed by atoms with Crippen molar-refractivity contribution in [1.82, 2.24) is 10.2 Å². The van der Waals surface area contributed by atoms with Crippen LogP contribution in [0.1, 0.15) is 43.7 Å². The van der Waals surface area contributed by atoms with Gasteiger partial charge in [0, 0.05) is 45.1 Å². The lowest BCUT2D eigenvalue weighted by atomic mass is 9.71. The van der Waals surface area contributed by atoms with E-state index in [1.807, 2.05) is 0 Å². The lowest BCUT2D eigenvalue weighted by Gasteiger charge is -2.38. The minimum absolute atomic E-state index is 0.0269. The van der Waals surface area contributed by atoms with Crippen LogP contribution in [0.5, 0.6) is 0 Å². The van der Waals surface area contributed by atoms with E-state index in [4.69, 9.17) is 4.74 Å². The van der Waals surface area contributed by atoms with Crippen molar-refractivity contribution in [2.45, 2.75) is 50.0 Å². The lowest BCUT2D eigenvalue weighted by Crippen LogP contribution is -2.51. The van der Waals surface area contributed by atoms with Crippen LogP contribution in [0.4, 0.5) is 4.79 Å². The monoisotopic (exact) mass is 346 g/mol. The van der Waals surface area contributed by atoms with Crippen LogP contribution in [0.3, 0.4) is 0 Å². The predicted octanol–water partition coefficient (Wildman–Crippen LogP) is 2.46. The molecule has 0 spiro atoms. The van der Waals surface area contributed by atoms with E-state index in [0.29, 0.717) is 39.1 Å². The first-order valence-corrected chi connectivity index (χ1v) is 9.29. The molecule has 1 aliphatic carbocycles. The molecule has 1 fully saturated rings. The summed E-state index contributed by atoms with van der Waals surface area (Å²) >= 11 is 0. The highest BCUT2D eigenvalue weighted by Gasteiger charge is 2.34. The largest absolute Gasteiger partial charge is 0.388 e. The highest BCUT2D eigenvalue weighted by Crippen LogP contribution is 2.36. The molecule has 5 nitrogen and oxygen atoms in total. The molecule has 1 saturated heterocycles. The molecule has 138 valence electrons. The number of amides is 2. The summed E-state index contributed by atoms with van der Waals surface area (Å²) in [5.74, 6) is 0.